The minimum absolute atomic E-state index is 0.207. The van der Waals surface area contributed by atoms with E-state index < -0.39 is 24.5 Å². The maximum atomic E-state index is 12.0. The summed E-state index contributed by atoms with van der Waals surface area (Å²) in [6.07, 6.45) is 0. The summed E-state index contributed by atoms with van der Waals surface area (Å²) < 4.78 is 15.1. The van der Waals surface area contributed by atoms with Crippen molar-refractivity contribution in [3.63, 3.8) is 0 Å². The number of hydrogen-bond donors (Lipinski definition) is 1. The summed E-state index contributed by atoms with van der Waals surface area (Å²) in [5, 5.41) is 2.52. The molecule has 148 valence electrons. The van der Waals surface area contributed by atoms with Crippen molar-refractivity contribution in [2.24, 2.45) is 0 Å². The highest BCUT2D eigenvalue weighted by Gasteiger charge is 2.15. The first-order valence-electron chi connectivity index (χ1n) is 8.65. The molecule has 7 nitrogen and oxygen atoms in total. The van der Waals surface area contributed by atoms with Crippen LogP contribution in [-0.2, 0) is 19.1 Å². The Balaban J connectivity index is 1.87. The molecule has 1 N–H and O–H groups in total. The molecule has 0 heterocycles. The normalized spacial score (nSPS) is 10.1. The molecule has 2 aromatic rings. The van der Waals surface area contributed by atoms with Gasteiger partial charge in [-0.15, -0.1) is 0 Å². The fourth-order valence-corrected chi connectivity index (χ4v) is 2.78. The van der Waals surface area contributed by atoms with Gasteiger partial charge in [0.1, 0.15) is 5.75 Å². The third-order valence-corrected chi connectivity index (χ3v) is 3.91. The zero-order valence-electron chi connectivity index (χ0n) is 16.3. The van der Waals surface area contributed by atoms with Crippen molar-refractivity contribution in [1.82, 2.24) is 0 Å². The number of benzene rings is 2. The summed E-state index contributed by atoms with van der Waals surface area (Å²) in [6, 6.07) is 10.3. The molecule has 2 rings (SSSR count). The maximum Gasteiger partial charge on any atom is 0.344 e. The Morgan fingerprint density at radius 1 is 0.964 bits per heavy atom. The first-order valence-corrected chi connectivity index (χ1v) is 8.65. The second-order valence-electron chi connectivity index (χ2n) is 6.26. The molecule has 0 aliphatic carbocycles. The Bertz CT molecular complexity index is 867. The van der Waals surface area contributed by atoms with Crippen LogP contribution in [0, 0.1) is 20.8 Å². The molecule has 7 heteroatoms. The topological polar surface area (TPSA) is 90.9 Å². The molecule has 0 aromatic heterocycles. The first-order chi connectivity index (χ1) is 13.3. The molecule has 0 atom stereocenters. The van der Waals surface area contributed by atoms with Gasteiger partial charge in [-0.05, 0) is 44.0 Å². The van der Waals surface area contributed by atoms with E-state index in [0.29, 0.717) is 5.75 Å². The quantitative estimate of drug-likeness (QED) is 0.737. The lowest BCUT2D eigenvalue weighted by Gasteiger charge is -2.13. The number of amides is 1. The van der Waals surface area contributed by atoms with E-state index in [4.69, 9.17) is 9.47 Å². The molecule has 0 aliphatic heterocycles. The van der Waals surface area contributed by atoms with E-state index in [1.807, 2.05) is 32.9 Å². The number of hydrogen-bond acceptors (Lipinski definition) is 6. The van der Waals surface area contributed by atoms with Crippen molar-refractivity contribution >= 4 is 23.5 Å². The minimum atomic E-state index is -0.671. The molecule has 0 unspecified atom stereocenters. The van der Waals surface area contributed by atoms with Crippen molar-refractivity contribution < 1.29 is 28.6 Å². The van der Waals surface area contributed by atoms with Crippen LogP contribution in [0.15, 0.2) is 36.4 Å². The van der Waals surface area contributed by atoms with Gasteiger partial charge in [-0.1, -0.05) is 29.8 Å². The van der Waals surface area contributed by atoms with Crippen LogP contribution < -0.4 is 10.1 Å². The van der Waals surface area contributed by atoms with Crippen molar-refractivity contribution in [3.05, 3.63) is 58.7 Å². The van der Waals surface area contributed by atoms with Crippen LogP contribution in [0.2, 0.25) is 0 Å². The summed E-state index contributed by atoms with van der Waals surface area (Å²) >= 11 is 0. The second kappa shape index (κ2) is 9.55. The van der Waals surface area contributed by atoms with Gasteiger partial charge in [0.25, 0.3) is 5.91 Å². The number of esters is 2. The average Bonchev–Trinajstić information content (AvgIpc) is 2.65. The van der Waals surface area contributed by atoms with Crippen LogP contribution in [-0.4, -0.2) is 38.2 Å². The van der Waals surface area contributed by atoms with Gasteiger partial charge in [0, 0.05) is 0 Å². The minimum Gasteiger partial charge on any atom is -0.481 e. The van der Waals surface area contributed by atoms with E-state index in [1.54, 1.807) is 18.2 Å². The van der Waals surface area contributed by atoms with Crippen molar-refractivity contribution in [2.45, 2.75) is 20.8 Å². The van der Waals surface area contributed by atoms with Gasteiger partial charge in [-0.25, -0.2) is 9.59 Å². The maximum absolute atomic E-state index is 12.0. The summed E-state index contributed by atoms with van der Waals surface area (Å²) in [5.41, 5.74) is 3.43. The molecule has 0 radical (unpaired) electrons. The van der Waals surface area contributed by atoms with Gasteiger partial charge >= 0.3 is 11.9 Å². The molecular weight excluding hydrogens is 362 g/mol. The molecule has 1 amide bonds. The lowest BCUT2D eigenvalue weighted by Crippen LogP contribution is -2.24. The molecule has 28 heavy (non-hydrogen) atoms. The molecule has 0 fully saturated rings. The number of anilines is 1. The zero-order chi connectivity index (χ0) is 20.7. The van der Waals surface area contributed by atoms with Gasteiger partial charge in [0.2, 0.25) is 0 Å². The van der Waals surface area contributed by atoms with Gasteiger partial charge in [0.15, 0.2) is 13.2 Å². The molecule has 0 aliphatic rings. The highest BCUT2D eigenvalue weighted by molar-refractivity contribution is 6.01. The number of carbonyl (C=O) groups excluding carboxylic acids is 3. The Hall–Kier alpha value is -3.35. The second-order valence-corrected chi connectivity index (χ2v) is 6.26. The van der Waals surface area contributed by atoms with E-state index in [9.17, 15) is 14.4 Å². The van der Waals surface area contributed by atoms with Gasteiger partial charge in [0.05, 0.1) is 18.4 Å². The predicted molar refractivity (Wildman–Crippen MR) is 104 cm³/mol. The van der Waals surface area contributed by atoms with Crippen molar-refractivity contribution in [2.75, 3.05) is 25.6 Å². The molecule has 0 saturated carbocycles. The fourth-order valence-electron chi connectivity index (χ4n) is 2.78. The van der Waals surface area contributed by atoms with Gasteiger partial charge in [-0.3, -0.25) is 4.79 Å². The van der Waals surface area contributed by atoms with Crippen LogP contribution in [0.5, 0.6) is 5.75 Å². The monoisotopic (exact) mass is 385 g/mol. The largest absolute Gasteiger partial charge is 0.481 e. The van der Waals surface area contributed by atoms with E-state index in [-0.39, 0.29) is 17.9 Å². The Morgan fingerprint density at radius 2 is 1.61 bits per heavy atom. The summed E-state index contributed by atoms with van der Waals surface area (Å²) in [5.74, 6) is -1.20. The van der Waals surface area contributed by atoms with E-state index in [0.717, 1.165) is 16.7 Å². The summed E-state index contributed by atoms with van der Waals surface area (Å²) in [7, 11) is 1.25. The Morgan fingerprint density at radius 3 is 2.25 bits per heavy atom. The van der Waals surface area contributed by atoms with Crippen LogP contribution in [0.3, 0.4) is 0 Å². The molecule has 0 saturated heterocycles. The Kier molecular flexibility index (Phi) is 7.14. The number of methoxy groups -OCH3 is 1. The third-order valence-electron chi connectivity index (χ3n) is 3.91. The SMILES string of the molecule is COC(=O)c1ccccc1NC(=O)COC(=O)COc1c(C)cc(C)cc1C. The zero-order valence-corrected chi connectivity index (χ0v) is 16.3. The molecule has 2 aromatic carbocycles. The van der Waals surface area contributed by atoms with Crippen LogP contribution in [0.1, 0.15) is 27.0 Å². The number of nitrogens with one attached hydrogen (secondary N) is 1. The Labute approximate surface area is 163 Å². The standard InChI is InChI=1S/C21H23NO6/c1-13-9-14(2)20(15(3)10-13)28-12-19(24)27-11-18(23)22-17-8-6-5-7-16(17)21(25)26-4/h5-10H,11-12H2,1-4H3,(H,22,23). The molecule has 0 spiro atoms. The third kappa shape index (κ3) is 5.57. The smallest absolute Gasteiger partial charge is 0.344 e. The number of aryl methyl sites for hydroxylation is 3. The van der Waals surface area contributed by atoms with Crippen molar-refractivity contribution in [3.8, 4) is 5.75 Å². The van der Waals surface area contributed by atoms with E-state index in [2.05, 4.69) is 10.1 Å². The lowest BCUT2D eigenvalue weighted by atomic mass is 10.1. The lowest BCUT2D eigenvalue weighted by molar-refractivity contribution is -0.149. The number of rotatable bonds is 7. The summed E-state index contributed by atoms with van der Waals surface area (Å²) in [4.78, 5) is 35.6. The average molecular weight is 385 g/mol. The van der Waals surface area contributed by atoms with Gasteiger partial charge in [-0.2, -0.15) is 0 Å². The predicted octanol–water partition coefficient (Wildman–Crippen LogP) is 2.96. The van der Waals surface area contributed by atoms with Crippen molar-refractivity contribution in [1.29, 1.82) is 0 Å². The fraction of sp³-hybridized carbons (Fsp3) is 0.286. The molecular formula is C21H23NO6. The van der Waals surface area contributed by atoms with E-state index in [1.165, 1.54) is 13.2 Å². The van der Waals surface area contributed by atoms with Crippen LogP contribution in [0.25, 0.3) is 0 Å². The molecule has 0 bridgehead atoms. The van der Waals surface area contributed by atoms with Gasteiger partial charge < -0.3 is 19.5 Å². The number of carbonyl (C=O) groups is 3. The van der Waals surface area contributed by atoms with E-state index >= 15 is 0 Å². The number of ether oxygens (including phenoxy) is 3. The van der Waals surface area contributed by atoms with Crippen LogP contribution >= 0.6 is 0 Å². The highest BCUT2D eigenvalue weighted by Crippen LogP contribution is 2.24. The van der Waals surface area contributed by atoms with Crippen LogP contribution in [0.4, 0.5) is 5.69 Å². The number of para-hydroxylation sites is 1. The summed E-state index contributed by atoms with van der Waals surface area (Å²) in [6.45, 7) is 4.97. The first kappa shape index (κ1) is 21.0. The highest BCUT2D eigenvalue weighted by atomic mass is 16.6.